The molecule has 0 bridgehead atoms. The minimum Gasteiger partial charge on any atom is -0.0839 e. The van der Waals surface area contributed by atoms with Crippen molar-refractivity contribution >= 4 is 32.7 Å². The van der Waals surface area contributed by atoms with E-state index in [4.69, 9.17) is 0 Å². The second-order valence-electron chi connectivity index (χ2n) is 16.4. The van der Waals surface area contributed by atoms with Crippen LogP contribution in [0.2, 0.25) is 0 Å². The molecule has 0 N–H and O–H groups in total. The number of benzene rings is 3. The van der Waals surface area contributed by atoms with Crippen LogP contribution in [0.4, 0.5) is 0 Å². The number of allylic oxidation sites excluding steroid dienone is 32. The first kappa shape index (κ1) is 33.4. The maximum atomic E-state index is 2.54. The average Bonchev–Trinajstić information content (AvgIpc) is 3.27. The normalized spacial score (nSPS) is 28.4. The van der Waals surface area contributed by atoms with Crippen LogP contribution in [0.5, 0.6) is 0 Å². The molecule has 0 saturated heterocycles. The van der Waals surface area contributed by atoms with Crippen molar-refractivity contribution in [3.63, 3.8) is 0 Å². The third-order valence-corrected chi connectivity index (χ3v) is 13.5. The van der Waals surface area contributed by atoms with Crippen molar-refractivity contribution in [3.05, 3.63) is 239 Å². The number of hydrogen-bond donors (Lipinski definition) is 0. The highest BCUT2D eigenvalue weighted by Crippen LogP contribution is 2.50. The largest absolute Gasteiger partial charge is 0.0839 e. The highest BCUT2D eigenvalue weighted by atomic mass is 14.4. The summed E-state index contributed by atoms with van der Waals surface area (Å²) in [5, 5.41) is 5.47. The summed E-state index contributed by atoms with van der Waals surface area (Å²) < 4.78 is 0. The molecule has 270 valence electrons. The second kappa shape index (κ2) is 13.9. The molecular formula is C56H46. The van der Waals surface area contributed by atoms with Crippen molar-refractivity contribution in [2.45, 2.75) is 25.7 Å². The molecule has 6 unspecified atom stereocenters. The Labute approximate surface area is 331 Å². The first-order valence-corrected chi connectivity index (χ1v) is 20.8. The lowest BCUT2D eigenvalue weighted by molar-refractivity contribution is 0.564. The van der Waals surface area contributed by atoms with Crippen molar-refractivity contribution in [2.24, 2.45) is 35.5 Å². The quantitative estimate of drug-likeness (QED) is 0.230. The molecule has 0 aromatic heterocycles. The van der Waals surface area contributed by atoms with Gasteiger partial charge in [-0.15, -0.1) is 0 Å². The molecule has 0 heteroatoms. The maximum absolute atomic E-state index is 2.54. The molecule has 0 nitrogen and oxygen atoms in total. The molecule has 56 heavy (non-hydrogen) atoms. The van der Waals surface area contributed by atoms with E-state index in [0.717, 1.165) is 25.7 Å². The lowest BCUT2D eigenvalue weighted by Gasteiger charge is -2.36. The van der Waals surface area contributed by atoms with Crippen LogP contribution in [0, 0.1) is 35.5 Å². The third-order valence-electron chi connectivity index (χ3n) is 13.5. The van der Waals surface area contributed by atoms with Crippen LogP contribution in [0.15, 0.2) is 228 Å². The minimum absolute atomic E-state index is 0.256. The fourth-order valence-electron chi connectivity index (χ4n) is 10.8. The van der Waals surface area contributed by atoms with E-state index in [1.165, 1.54) is 77.3 Å². The number of fused-ring (bicyclic) bond motifs is 5. The second-order valence-corrected chi connectivity index (χ2v) is 16.4. The van der Waals surface area contributed by atoms with Crippen LogP contribution in [0.1, 0.15) is 36.8 Å². The number of rotatable bonds is 5. The van der Waals surface area contributed by atoms with Gasteiger partial charge in [0, 0.05) is 35.5 Å². The van der Waals surface area contributed by atoms with Gasteiger partial charge in [-0.2, -0.15) is 0 Å². The van der Waals surface area contributed by atoms with E-state index in [-0.39, 0.29) is 11.8 Å². The highest BCUT2D eigenvalue weighted by Gasteiger charge is 2.35. The smallest absolute Gasteiger partial charge is 0.0131 e. The van der Waals surface area contributed by atoms with Gasteiger partial charge in [-0.25, -0.2) is 0 Å². The van der Waals surface area contributed by atoms with Crippen molar-refractivity contribution in [1.29, 1.82) is 0 Å². The highest BCUT2D eigenvalue weighted by molar-refractivity contribution is 6.16. The Morgan fingerprint density at radius 2 is 0.964 bits per heavy atom. The summed E-state index contributed by atoms with van der Waals surface area (Å²) in [6.45, 7) is 0. The van der Waals surface area contributed by atoms with E-state index in [1.54, 1.807) is 0 Å². The van der Waals surface area contributed by atoms with Crippen molar-refractivity contribution < 1.29 is 0 Å². The van der Waals surface area contributed by atoms with Gasteiger partial charge in [0.2, 0.25) is 0 Å². The van der Waals surface area contributed by atoms with Gasteiger partial charge in [0.1, 0.15) is 0 Å². The zero-order valence-electron chi connectivity index (χ0n) is 31.8. The topological polar surface area (TPSA) is 0 Å². The summed E-state index contributed by atoms with van der Waals surface area (Å²) in [5.74, 6) is 2.05. The lowest BCUT2D eigenvalue weighted by atomic mass is 9.67. The molecule has 3 aromatic rings. The zero-order valence-corrected chi connectivity index (χ0v) is 31.8. The van der Waals surface area contributed by atoms with Crippen LogP contribution < -0.4 is 0 Å². The molecule has 8 aliphatic carbocycles. The van der Waals surface area contributed by atoms with Gasteiger partial charge >= 0.3 is 0 Å². The Balaban J connectivity index is 0.993. The first-order valence-electron chi connectivity index (χ1n) is 20.8. The summed E-state index contributed by atoms with van der Waals surface area (Å²) >= 11 is 0. The molecular weight excluding hydrogens is 673 g/mol. The molecule has 0 radical (unpaired) electrons. The van der Waals surface area contributed by atoms with Gasteiger partial charge < -0.3 is 0 Å². The predicted molar refractivity (Wildman–Crippen MR) is 238 cm³/mol. The summed E-state index contributed by atoms with van der Waals surface area (Å²) in [5.41, 5.74) is 14.4. The van der Waals surface area contributed by atoms with Gasteiger partial charge in [-0.05, 0) is 103 Å². The lowest BCUT2D eigenvalue weighted by Crippen LogP contribution is -2.25. The zero-order chi connectivity index (χ0) is 37.0. The number of hydrogen-bond acceptors (Lipinski definition) is 0. The standard InChI is InChI=1S/C56H46/c1-2-16-41-36-42(31-28-37(41)14-1)55-50-23-9-11-25-52(50)56(53-26-12-10-24-51(53)55)54-35-33-40(45-20-6-8-22-48(45)54)30-29-39-32-34-49(46-21-7-5-19-44(39)46)47-27-13-17-38-15-3-4-18-43(38)47/h1,3-15,17-27,29-30,32-36,38,43-46,48H,2,16,28,31H2. The van der Waals surface area contributed by atoms with Crippen molar-refractivity contribution in [3.8, 4) is 0 Å². The summed E-state index contributed by atoms with van der Waals surface area (Å²) in [6, 6.07) is 18.4. The fourth-order valence-corrected chi connectivity index (χ4v) is 10.8. The van der Waals surface area contributed by atoms with Gasteiger partial charge in [0.15, 0.2) is 0 Å². The van der Waals surface area contributed by atoms with Crippen LogP contribution in [0.25, 0.3) is 32.7 Å². The Kier molecular flexibility index (Phi) is 8.31. The van der Waals surface area contributed by atoms with Gasteiger partial charge in [0.05, 0.1) is 0 Å². The van der Waals surface area contributed by atoms with E-state index >= 15 is 0 Å². The van der Waals surface area contributed by atoms with Crippen LogP contribution in [-0.2, 0) is 0 Å². The van der Waals surface area contributed by atoms with E-state index in [2.05, 4.69) is 194 Å². The molecule has 0 amide bonds. The van der Waals surface area contributed by atoms with E-state index in [9.17, 15) is 0 Å². The molecule has 0 spiro atoms. The molecule has 8 aliphatic rings. The Morgan fingerprint density at radius 3 is 1.64 bits per heavy atom. The predicted octanol–water partition coefficient (Wildman–Crippen LogP) is 14.1. The van der Waals surface area contributed by atoms with E-state index < -0.39 is 0 Å². The van der Waals surface area contributed by atoms with Crippen molar-refractivity contribution in [1.82, 2.24) is 0 Å². The van der Waals surface area contributed by atoms with Crippen LogP contribution in [-0.4, -0.2) is 0 Å². The molecule has 0 saturated carbocycles. The fraction of sp³-hybridized carbons (Fsp3) is 0.179. The summed E-state index contributed by atoms with van der Waals surface area (Å²) in [4.78, 5) is 0. The molecule has 11 rings (SSSR count). The Bertz CT molecular complexity index is 2640. The minimum atomic E-state index is 0.256. The summed E-state index contributed by atoms with van der Waals surface area (Å²) in [6.07, 6.45) is 61.0. The van der Waals surface area contributed by atoms with E-state index in [0.29, 0.717) is 23.7 Å². The average molecular weight is 719 g/mol. The van der Waals surface area contributed by atoms with Crippen LogP contribution in [0.3, 0.4) is 0 Å². The summed E-state index contributed by atoms with van der Waals surface area (Å²) in [7, 11) is 0. The molecule has 0 heterocycles. The molecule has 3 aromatic carbocycles. The Hall–Kier alpha value is -5.98. The SMILES string of the molecule is C1=CC2C=CC=C(C3=CC=C(C=CC4=CC=C(c5c6ccccc6c(C6=CC7=C(C=CCC7)CC6)c6ccccc56)C5C=CC=CC45)C4C=CC=CC34)C2C=C1. The third kappa shape index (κ3) is 5.57. The Morgan fingerprint density at radius 1 is 0.429 bits per heavy atom. The van der Waals surface area contributed by atoms with Crippen LogP contribution >= 0.6 is 0 Å². The van der Waals surface area contributed by atoms with Gasteiger partial charge in [0.25, 0.3) is 0 Å². The first-order chi connectivity index (χ1) is 27.8. The van der Waals surface area contributed by atoms with Crippen molar-refractivity contribution in [2.75, 3.05) is 0 Å². The maximum Gasteiger partial charge on any atom is 0.0131 e. The molecule has 6 atom stereocenters. The molecule has 0 aliphatic heterocycles. The van der Waals surface area contributed by atoms with Gasteiger partial charge in [-0.3, -0.25) is 0 Å². The van der Waals surface area contributed by atoms with E-state index in [1.807, 2.05) is 0 Å². The van der Waals surface area contributed by atoms with Gasteiger partial charge in [-0.1, -0.05) is 194 Å². The molecule has 0 fully saturated rings. The monoisotopic (exact) mass is 718 g/mol.